The van der Waals surface area contributed by atoms with E-state index in [1.165, 1.54) is 10.2 Å². The first-order valence-electron chi connectivity index (χ1n) is 11.4. The Morgan fingerprint density at radius 3 is 2.75 bits per heavy atom. The minimum Gasteiger partial charge on any atom is -0.337 e. The Morgan fingerprint density at radius 2 is 1.97 bits per heavy atom. The van der Waals surface area contributed by atoms with Crippen molar-refractivity contribution in [2.75, 3.05) is 6.54 Å². The average Bonchev–Trinajstić information content (AvgIpc) is 2.80. The van der Waals surface area contributed by atoms with Crippen LogP contribution < -0.4 is 5.56 Å². The van der Waals surface area contributed by atoms with E-state index in [0.717, 1.165) is 48.3 Å². The highest BCUT2D eigenvalue weighted by Crippen LogP contribution is 2.45. The lowest BCUT2D eigenvalue weighted by Gasteiger charge is -2.51. The van der Waals surface area contributed by atoms with Crippen molar-refractivity contribution in [3.8, 4) is 0 Å². The number of hydrogen-bond acceptors (Lipinski definition) is 5. The lowest BCUT2D eigenvalue weighted by Crippen LogP contribution is -2.59. The first kappa shape index (κ1) is 20.8. The van der Waals surface area contributed by atoms with Crippen molar-refractivity contribution in [3.63, 3.8) is 0 Å². The molecule has 0 saturated carbocycles. The molecule has 2 unspecified atom stereocenters. The van der Waals surface area contributed by atoms with Crippen LogP contribution in [0.4, 0.5) is 0 Å². The van der Waals surface area contributed by atoms with E-state index in [-0.39, 0.29) is 22.9 Å². The van der Waals surface area contributed by atoms with Gasteiger partial charge in [-0.1, -0.05) is 25.1 Å². The minimum atomic E-state index is -0.665. The Labute approximate surface area is 187 Å². The van der Waals surface area contributed by atoms with Crippen LogP contribution in [-0.2, 0) is 16.6 Å². The van der Waals surface area contributed by atoms with Gasteiger partial charge >= 0.3 is 0 Å². The molecule has 32 heavy (non-hydrogen) atoms. The second kappa shape index (κ2) is 7.50. The van der Waals surface area contributed by atoms with Crippen molar-refractivity contribution < 1.29 is 4.79 Å². The predicted octanol–water partition coefficient (Wildman–Crippen LogP) is 3.26. The Kier molecular flexibility index (Phi) is 4.87. The summed E-state index contributed by atoms with van der Waals surface area (Å²) in [5.41, 5.74) is 2.61. The van der Waals surface area contributed by atoms with E-state index in [9.17, 15) is 9.59 Å². The number of fused-ring (bicyclic) bond motifs is 4. The van der Waals surface area contributed by atoms with Crippen LogP contribution in [0.5, 0.6) is 0 Å². The Bertz CT molecular complexity index is 1280. The van der Waals surface area contributed by atoms with Gasteiger partial charge in [-0.05, 0) is 58.1 Å². The first-order chi connectivity index (χ1) is 15.3. The van der Waals surface area contributed by atoms with E-state index >= 15 is 0 Å². The summed E-state index contributed by atoms with van der Waals surface area (Å²) in [6.45, 7) is 8.52. The molecule has 1 amide bonds. The van der Waals surface area contributed by atoms with Gasteiger partial charge in [-0.2, -0.15) is 5.10 Å². The van der Waals surface area contributed by atoms with Crippen molar-refractivity contribution in [2.45, 2.75) is 70.9 Å². The highest BCUT2D eigenvalue weighted by molar-refractivity contribution is 5.84. The summed E-state index contributed by atoms with van der Waals surface area (Å²) >= 11 is 0. The molecular formula is C25H29N5O2. The molecule has 166 valence electrons. The maximum absolute atomic E-state index is 13.8. The second-order valence-corrected chi connectivity index (χ2v) is 9.45. The van der Waals surface area contributed by atoms with Crippen molar-refractivity contribution in [2.24, 2.45) is 0 Å². The van der Waals surface area contributed by atoms with Crippen molar-refractivity contribution in [1.82, 2.24) is 24.6 Å². The van der Waals surface area contributed by atoms with Gasteiger partial charge in [-0.3, -0.25) is 9.59 Å². The zero-order valence-electron chi connectivity index (χ0n) is 19.1. The number of aromatic nitrogens is 4. The number of rotatable bonds is 2. The van der Waals surface area contributed by atoms with E-state index in [1.54, 1.807) is 13.0 Å². The van der Waals surface area contributed by atoms with Gasteiger partial charge in [0.05, 0.1) is 16.8 Å². The smallest absolute Gasteiger partial charge is 0.275 e. The Balaban J connectivity index is 1.52. The van der Waals surface area contributed by atoms with Crippen LogP contribution in [0.1, 0.15) is 61.9 Å². The third-order valence-electron chi connectivity index (χ3n) is 7.44. The van der Waals surface area contributed by atoms with Gasteiger partial charge in [0.1, 0.15) is 11.9 Å². The molecule has 5 rings (SSSR count). The third kappa shape index (κ3) is 3.05. The van der Waals surface area contributed by atoms with Crippen molar-refractivity contribution >= 4 is 16.7 Å². The molecule has 3 aromatic rings. The zero-order chi connectivity index (χ0) is 22.6. The molecule has 3 atom stereocenters. The number of aryl methyl sites for hydroxylation is 3. The first-order valence-corrected chi connectivity index (χ1v) is 11.4. The molecule has 1 aliphatic heterocycles. The van der Waals surface area contributed by atoms with Gasteiger partial charge < -0.3 is 4.90 Å². The molecule has 1 aromatic carbocycles. The van der Waals surface area contributed by atoms with Gasteiger partial charge in [0.2, 0.25) is 5.91 Å². The average molecular weight is 432 g/mol. The largest absolute Gasteiger partial charge is 0.337 e. The lowest BCUT2D eigenvalue weighted by molar-refractivity contribution is -0.141. The van der Waals surface area contributed by atoms with Crippen LogP contribution in [-0.4, -0.2) is 43.1 Å². The predicted molar refractivity (Wildman–Crippen MR) is 123 cm³/mol. The van der Waals surface area contributed by atoms with E-state index < -0.39 is 6.04 Å². The molecule has 3 heterocycles. The summed E-state index contributed by atoms with van der Waals surface area (Å²) in [4.78, 5) is 38.1. The highest BCUT2D eigenvalue weighted by atomic mass is 16.2. The Hall–Kier alpha value is -3.09. The quantitative estimate of drug-likeness (QED) is 0.622. The molecule has 0 radical (unpaired) electrons. The number of carbonyl (C=O) groups excluding carboxylic acids is 1. The minimum absolute atomic E-state index is 0.0422. The molecule has 7 heteroatoms. The molecule has 0 bridgehead atoms. The molecule has 1 aliphatic carbocycles. The van der Waals surface area contributed by atoms with Gasteiger partial charge in [0.25, 0.3) is 5.56 Å². The van der Waals surface area contributed by atoms with Gasteiger partial charge in [-0.15, -0.1) is 0 Å². The summed E-state index contributed by atoms with van der Waals surface area (Å²) in [5, 5.41) is 5.95. The van der Waals surface area contributed by atoms with E-state index in [4.69, 9.17) is 4.98 Å². The molecule has 0 spiro atoms. The fourth-order valence-electron chi connectivity index (χ4n) is 5.74. The van der Waals surface area contributed by atoms with Gasteiger partial charge in [0, 0.05) is 29.6 Å². The van der Waals surface area contributed by atoms with Gasteiger partial charge in [0.15, 0.2) is 0 Å². The number of piperidine rings is 1. The lowest BCUT2D eigenvalue weighted by atomic mass is 9.65. The fourth-order valence-corrected chi connectivity index (χ4v) is 5.74. The molecule has 2 aliphatic rings. The summed E-state index contributed by atoms with van der Waals surface area (Å²) in [6.07, 6.45) is 5.60. The van der Waals surface area contributed by atoms with E-state index in [0.29, 0.717) is 11.9 Å². The number of benzene rings is 1. The summed E-state index contributed by atoms with van der Waals surface area (Å²) in [6, 6.07) is 6.84. The molecule has 0 N–H and O–H groups in total. The summed E-state index contributed by atoms with van der Waals surface area (Å²) in [5.74, 6) is 0.726. The molecular weight excluding hydrogens is 402 g/mol. The second-order valence-electron chi connectivity index (χ2n) is 9.45. The number of likely N-dealkylation sites (tertiary alicyclic amines) is 1. The zero-order valence-corrected chi connectivity index (χ0v) is 19.1. The fraction of sp³-hybridized carbons (Fsp3) is 0.480. The third-order valence-corrected chi connectivity index (χ3v) is 7.44. The number of hydrogen-bond donors (Lipinski definition) is 0. The number of nitrogens with zero attached hydrogens (tertiary/aromatic N) is 5. The van der Waals surface area contributed by atoms with E-state index in [1.807, 2.05) is 43.1 Å². The van der Waals surface area contributed by atoms with Crippen LogP contribution in [0, 0.1) is 13.8 Å². The monoisotopic (exact) mass is 431 g/mol. The van der Waals surface area contributed by atoms with Crippen LogP contribution in [0.3, 0.4) is 0 Å². The highest BCUT2D eigenvalue weighted by Gasteiger charge is 2.49. The topological polar surface area (TPSA) is 81.0 Å². The van der Waals surface area contributed by atoms with Crippen molar-refractivity contribution in [3.05, 3.63) is 63.6 Å². The van der Waals surface area contributed by atoms with Crippen LogP contribution >= 0.6 is 0 Å². The van der Waals surface area contributed by atoms with Crippen LogP contribution in [0.15, 0.2) is 35.3 Å². The Morgan fingerprint density at radius 1 is 1.22 bits per heavy atom. The summed E-state index contributed by atoms with van der Waals surface area (Å²) < 4.78 is 1.37. The SMILES string of the molecule is Cc1ncc2c(n1)[C@]1(C)CCCN(C(=O)C(C)n3nc(C)c4ccccc4c3=O)C1CC2. The van der Waals surface area contributed by atoms with Crippen molar-refractivity contribution in [1.29, 1.82) is 0 Å². The maximum atomic E-state index is 13.8. The normalized spacial score (nSPS) is 23.5. The van der Waals surface area contributed by atoms with Crippen LogP contribution in [0.2, 0.25) is 0 Å². The van der Waals surface area contributed by atoms with E-state index in [2.05, 4.69) is 17.0 Å². The maximum Gasteiger partial charge on any atom is 0.275 e. The molecule has 1 fully saturated rings. The molecule has 2 aromatic heterocycles. The van der Waals surface area contributed by atoms with Gasteiger partial charge in [-0.25, -0.2) is 14.6 Å². The number of amides is 1. The van der Waals surface area contributed by atoms with Crippen LogP contribution in [0.25, 0.3) is 10.8 Å². The molecule has 1 saturated heterocycles. The standard InChI is InChI=1S/C25H29N5O2/c1-15-19-8-5-6-9-20(19)24(32)30(28-15)16(2)23(31)29-13-7-12-25(4)21(29)11-10-18-14-26-17(3)27-22(18)25/h5-6,8-9,14,16,21H,7,10-13H2,1-4H3/t16?,21?,25-/m1/s1. The number of carbonyl (C=O) groups is 1. The molecule has 7 nitrogen and oxygen atoms in total. The summed E-state index contributed by atoms with van der Waals surface area (Å²) in [7, 11) is 0.